The third-order valence-electron chi connectivity index (χ3n) is 4.19. The van der Waals surface area contributed by atoms with Gasteiger partial charge in [0.25, 0.3) is 0 Å². The third-order valence-corrected chi connectivity index (χ3v) is 4.19. The first-order valence-corrected chi connectivity index (χ1v) is 8.09. The van der Waals surface area contributed by atoms with Gasteiger partial charge in [-0.25, -0.2) is 9.69 Å². The minimum absolute atomic E-state index is 0.177. The van der Waals surface area contributed by atoms with Crippen LogP contribution >= 0.6 is 0 Å². The Morgan fingerprint density at radius 1 is 1.08 bits per heavy atom. The summed E-state index contributed by atoms with van der Waals surface area (Å²) >= 11 is 0. The lowest BCUT2D eigenvalue weighted by Crippen LogP contribution is -2.37. The van der Waals surface area contributed by atoms with Crippen molar-refractivity contribution >= 4 is 23.6 Å². The van der Waals surface area contributed by atoms with Gasteiger partial charge in [-0.1, -0.05) is 6.92 Å². The van der Waals surface area contributed by atoms with Gasteiger partial charge in [-0.15, -0.1) is 0 Å². The summed E-state index contributed by atoms with van der Waals surface area (Å²) in [5, 5.41) is 0. The van der Waals surface area contributed by atoms with E-state index >= 15 is 0 Å². The lowest BCUT2D eigenvalue weighted by Gasteiger charge is -2.15. The maximum atomic E-state index is 12.6. The van der Waals surface area contributed by atoms with Gasteiger partial charge in [0.1, 0.15) is 0 Å². The predicted octanol–water partition coefficient (Wildman–Crippen LogP) is 2.07. The number of nitrogens with zero attached hydrogens (tertiary/aromatic N) is 3. The van der Waals surface area contributed by atoms with Gasteiger partial charge < -0.3 is 4.57 Å². The molecule has 130 valence electrons. The molecule has 0 saturated carbocycles. The number of carbonyl (C=O) groups is 4. The highest BCUT2D eigenvalue weighted by Gasteiger charge is 2.44. The van der Waals surface area contributed by atoms with Crippen LogP contribution in [-0.2, 0) is 9.59 Å². The van der Waals surface area contributed by atoms with Crippen molar-refractivity contribution < 1.29 is 19.2 Å². The second kappa shape index (κ2) is 6.59. The Morgan fingerprint density at radius 2 is 1.67 bits per heavy atom. The van der Waals surface area contributed by atoms with Crippen LogP contribution in [0.3, 0.4) is 0 Å². The van der Waals surface area contributed by atoms with Gasteiger partial charge >= 0.3 is 17.8 Å². The molecule has 1 aliphatic rings. The number of hydrogen-bond acceptors (Lipinski definition) is 4. The van der Waals surface area contributed by atoms with E-state index in [2.05, 4.69) is 0 Å². The molecule has 2 rings (SSSR count). The fourth-order valence-corrected chi connectivity index (χ4v) is 3.19. The van der Waals surface area contributed by atoms with Gasteiger partial charge in [-0.2, -0.15) is 0 Å². The number of ketones is 1. The minimum Gasteiger partial charge on any atom is -0.346 e. The molecule has 1 aromatic rings. The van der Waals surface area contributed by atoms with Crippen LogP contribution < -0.4 is 0 Å². The maximum Gasteiger partial charge on any atom is 0.334 e. The zero-order valence-corrected chi connectivity index (χ0v) is 14.8. The summed E-state index contributed by atoms with van der Waals surface area (Å²) in [6.45, 7) is 9.35. The summed E-state index contributed by atoms with van der Waals surface area (Å²) < 4.78 is 2.02. The van der Waals surface area contributed by atoms with Gasteiger partial charge in [0.15, 0.2) is 5.78 Å². The SMILES string of the molecule is CCCN1C(=O)C(=O)N(CC(=O)c2cc(C)n(C(C)C)c2C)C1=O. The van der Waals surface area contributed by atoms with Crippen LogP contribution in [0.1, 0.15) is 55.0 Å². The molecule has 2 heterocycles. The molecule has 1 aliphatic heterocycles. The summed E-state index contributed by atoms with van der Waals surface area (Å²) in [6, 6.07) is 1.25. The van der Waals surface area contributed by atoms with Gasteiger partial charge in [-0.3, -0.25) is 19.3 Å². The molecule has 24 heavy (non-hydrogen) atoms. The van der Waals surface area contributed by atoms with Gasteiger partial charge in [-0.05, 0) is 40.2 Å². The Bertz CT molecular complexity index is 718. The largest absolute Gasteiger partial charge is 0.346 e. The van der Waals surface area contributed by atoms with Crippen LogP contribution in [0.5, 0.6) is 0 Å². The highest BCUT2D eigenvalue weighted by Crippen LogP contribution is 2.22. The van der Waals surface area contributed by atoms with Crippen molar-refractivity contribution in [2.24, 2.45) is 0 Å². The summed E-state index contributed by atoms with van der Waals surface area (Å²) in [6.07, 6.45) is 0.558. The molecule has 7 nitrogen and oxygen atoms in total. The summed E-state index contributed by atoms with van der Waals surface area (Å²) in [4.78, 5) is 50.3. The third kappa shape index (κ3) is 2.86. The normalized spacial score (nSPS) is 15.2. The monoisotopic (exact) mass is 333 g/mol. The molecule has 1 fully saturated rings. The Hall–Kier alpha value is -2.44. The van der Waals surface area contributed by atoms with Crippen LogP contribution in [0.4, 0.5) is 4.79 Å². The fraction of sp³-hybridized carbons (Fsp3) is 0.529. The highest BCUT2D eigenvalue weighted by atomic mass is 16.2. The molecule has 1 saturated heterocycles. The summed E-state index contributed by atoms with van der Waals surface area (Å²) in [7, 11) is 0. The molecule has 7 heteroatoms. The molecule has 0 aliphatic carbocycles. The van der Waals surface area contributed by atoms with Crippen molar-refractivity contribution in [1.29, 1.82) is 0 Å². The first kappa shape index (κ1) is 17.9. The number of hydrogen-bond donors (Lipinski definition) is 0. The Morgan fingerprint density at radius 3 is 2.17 bits per heavy atom. The average molecular weight is 333 g/mol. The molecule has 0 radical (unpaired) electrons. The molecule has 4 amide bonds. The number of carbonyl (C=O) groups excluding carboxylic acids is 4. The van der Waals surface area contributed by atoms with E-state index < -0.39 is 24.4 Å². The van der Waals surface area contributed by atoms with Gasteiger partial charge in [0.05, 0.1) is 6.54 Å². The molecule has 1 aromatic heterocycles. The lowest BCUT2D eigenvalue weighted by molar-refractivity contribution is -0.143. The number of imide groups is 2. The van der Waals surface area contributed by atoms with Crippen molar-refractivity contribution in [3.63, 3.8) is 0 Å². The van der Waals surface area contributed by atoms with Crippen LogP contribution in [-0.4, -0.2) is 51.1 Å². The van der Waals surface area contributed by atoms with Gasteiger partial charge in [0.2, 0.25) is 0 Å². The van der Waals surface area contributed by atoms with Crippen molar-refractivity contribution in [1.82, 2.24) is 14.4 Å². The topological polar surface area (TPSA) is 79.7 Å². The standard InChI is InChI=1S/C17H23N3O4/c1-6-7-18-15(22)16(23)19(17(18)24)9-14(21)13-8-11(4)20(10(2)3)12(13)5/h8,10H,6-7,9H2,1-5H3. The number of aromatic nitrogens is 1. The number of Topliss-reactive ketones (excluding diaryl/α,β-unsaturated/α-hetero) is 1. The highest BCUT2D eigenvalue weighted by molar-refractivity contribution is 6.45. The Labute approximate surface area is 141 Å². The van der Waals surface area contributed by atoms with Crippen molar-refractivity contribution in [2.45, 2.75) is 47.1 Å². The van der Waals surface area contributed by atoms with E-state index in [1.165, 1.54) is 0 Å². The molecular weight excluding hydrogens is 310 g/mol. The first-order chi connectivity index (χ1) is 11.2. The molecule has 0 spiro atoms. The Kier molecular flexibility index (Phi) is 4.91. The van der Waals surface area contributed by atoms with E-state index in [0.717, 1.165) is 21.2 Å². The summed E-state index contributed by atoms with van der Waals surface area (Å²) in [5.41, 5.74) is 2.21. The van der Waals surface area contributed by atoms with E-state index in [-0.39, 0.29) is 18.4 Å². The second-order valence-corrected chi connectivity index (χ2v) is 6.30. The Balaban J connectivity index is 2.24. The van der Waals surface area contributed by atoms with Crippen molar-refractivity contribution in [3.8, 4) is 0 Å². The van der Waals surface area contributed by atoms with Crippen LogP contribution in [0.25, 0.3) is 0 Å². The van der Waals surface area contributed by atoms with E-state index in [1.54, 1.807) is 13.0 Å². The van der Waals surface area contributed by atoms with Crippen molar-refractivity contribution in [3.05, 3.63) is 23.0 Å². The van der Waals surface area contributed by atoms with Crippen LogP contribution in [0, 0.1) is 13.8 Å². The quantitative estimate of drug-likeness (QED) is 0.453. The number of amides is 4. The smallest absolute Gasteiger partial charge is 0.334 e. The van der Waals surface area contributed by atoms with E-state index in [0.29, 0.717) is 12.0 Å². The predicted molar refractivity (Wildman–Crippen MR) is 87.7 cm³/mol. The minimum atomic E-state index is -0.931. The molecule has 0 atom stereocenters. The first-order valence-electron chi connectivity index (χ1n) is 8.09. The molecule has 0 bridgehead atoms. The zero-order valence-electron chi connectivity index (χ0n) is 14.8. The van der Waals surface area contributed by atoms with Crippen LogP contribution in [0.2, 0.25) is 0 Å². The van der Waals surface area contributed by atoms with E-state index in [1.807, 2.05) is 32.3 Å². The molecule has 0 unspecified atom stereocenters. The zero-order chi connectivity index (χ0) is 18.2. The fourth-order valence-electron chi connectivity index (χ4n) is 3.19. The second-order valence-electron chi connectivity index (χ2n) is 6.30. The number of aryl methyl sites for hydroxylation is 1. The summed E-state index contributed by atoms with van der Waals surface area (Å²) in [5.74, 6) is -2.13. The van der Waals surface area contributed by atoms with Crippen LogP contribution in [0.15, 0.2) is 6.07 Å². The lowest BCUT2D eigenvalue weighted by atomic mass is 10.1. The van der Waals surface area contributed by atoms with E-state index in [4.69, 9.17) is 0 Å². The number of urea groups is 1. The van der Waals surface area contributed by atoms with E-state index in [9.17, 15) is 19.2 Å². The molecule has 0 N–H and O–H groups in total. The molecular formula is C17H23N3O4. The van der Waals surface area contributed by atoms with Gasteiger partial charge in [0, 0.05) is 29.5 Å². The molecule has 0 aromatic carbocycles. The maximum absolute atomic E-state index is 12.6. The average Bonchev–Trinajstić information content (AvgIpc) is 2.91. The van der Waals surface area contributed by atoms with Crippen molar-refractivity contribution in [2.75, 3.05) is 13.1 Å². The number of rotatable bonds is 6.